The van der Waals surface area contributed by atoms with Crippen LogP contribution in [0, 0.1) is 17.2 Å². The number of piperidine rings is 1. The van der Waals surface area contributed by atoms with Crippen molar-refractivity contribution < 1.29 is 42.2 Å². The molecule has 3 N–H and O–H groups in total. The monoisotopic (exact) mass is 1000 g/mol. The maximum absolute atomic E-state index is 16.9. The van der Waals surface area contributed by atoms with Gasteiger partial charge in [0.2, 0.25) is 5.91 Å². The first-order valence-electron chi connectivity index (χ1n) is 25.5. The van der Waals surface area contributed by atoms with Gasteiger partial charge in [0.15, 0.2) is 5.67 Å². The number of alkyl halides is 1. The Balaban J connectivity index is 1.14. The number of rotatable bonds is 10. The van der Waals surface area contributed by atoms with Crippen LogP contribution in [0.15, 0.2) is 29.8 Å². The Kier molecular flexibility index (Phi) is 15.2. The summed E-state index contributed by atoms with van der Waals surface area (Å²) in [5, 5.41) is 10.5. The van der Waals surface area contributed by atoms with Gasteiger partial charge in [-0.2, -0.15) is 0 Å². The molecule has 5 aliphatic rings. The van der Waals surface area contributed by atoms with Crippen molar-refractivity contribution in [1.29, 1.82) is 0 Å². The zero-order chi connectivity index (χ0) is 50.2. The van der Waals surface area contributed by atoms with Gasteiger partial charge in [0.25, 0.3) is 11.8 Å². The van der Waals surface area contributed by atoms with E-state index in [9.17, 15) is 19.2 Å². The summed E-state index contributed by atoms with van der Waals surface area (Å²) in [4.78, 5) is 71.0. The van der Waals surface area contributed by atoms with Crippen molar-refractivity contribution in [2.24, 2.45) is 11.3 Å². The van der Waals surface area contributed by atoms with E-state index >= 15 is 8.78 Å². The lowest BCUT2D eigenvalue weighted by molar-refractivity contribution is -0.156. The molecule has 6 bridgehead atoms. The van der Waals surface area contributed by atoms with E-state index in [0.29, 0.717) is 94.3 Å². The van der Waals surface area contributed by atoms with Gasteiger partial charge >= 0.3 is 5.97 Å². The molecule has 7 heterocycles. The van der Waals surface area contributed by atoms with Crippen LogP contribution < -0.4 is 21.0 Å². The second-order valence-electron chi connectivity index (χ2n) is 20.8. The number of fused-ring (bicyclic) bond motifs is 6. The number of esters is 1. The van der Waals surface area contributed by atoms with Crippen LogP contribution in [-0.2, 0) is 52.8 Å². The number of carbonyl (C=O) groups is 4. The number of nitrogens with one attached hydrogen (secondary N) is 3. The van der Waals surface area contributed by atoms with Crippen molar-refractivity contribution in [3.63, 3.8) is 0 Å². The molecule has 0 spiro atoms. The van der Waals surface area contributed by atoms with Crippen LogP contribution in [0.3, 0.4) is 0 Å². The SMILES string of the molecule is CCn1c(-c2cc(N3CCOCC3)cnc2[C@H](C)OC)c2c3cc(c(F)cc31)-c1csc(n1)C[C@H](NC(=O)[C@H](C1CCCC1)N(C)C(=O)C1(F)CCNCC1)C(=O)N1CCC[C@H](N1)C(=O)OCC(C)(C)C2. The number of aromatic nitrogens is 3. The van der Waals surface area contributed by atoms with Gasteiger partial charge in [-0.25, -0.2) is 19.2 Å². The summed E-state index contributed by atoms with van der Waals surface area (Å²) in [6.07, 6.45) is 5.84. The van der Waals surface area contributed by atoms with Crippen LogP contribution in [0.2, 0.25) is 0 Å². The van der Waals surface area contributed by atoms with Crippen LogP contribution in [0.1, 0.15) is 101 Å². The maximum Gasteiger partial charge on any atom is 0.324 e. The zero-order valence-electron chi connectivity index (χ0n) is 41.9. The molecule has 0 unspecified atom stereocenters. The molecule has 4 atom stereocenters. The first kappa shape index (κ1) is 50.8. The summed E-state index contributed by atoms with van der Waals surface area (Å²) in [5.41, 5.74) is 6.02. The van der Waals surface area contributed by atoms with E-state index in [-0.39, 0.29) is 50.0 Å². The Hall–Kier alpha value is -5.08. The number of thiazole rings is 1. The number of benzene rings is 1. The van der Waals surface area contributed by atoms with Gasteiger partial charge < -0.3 is 39.2 Å². The predicted octanol–water partition coefficient (Wildman–Crippen LogP) is 6.29. The lowest BCUT2D eigenvalue weighted by Gasteiger charge is -2.39. The van der Waals surface area contributed by atoms with Crippen molar-refractivity contribution in [2.45, 2.75) is 128 Å². The fraction of sp³-hybridized carbons (Fsp3) is 0.615. The second-order valence-corrected chi connectivity index (χ2v) is 21.7. The van der Waals surface area contributed by atoms with E-state index in [1.165, 1.54) is 28.3 Å². The van der Waals surface area contributed by atoms with Gasteiger partial charge in [0.05, 0.1) is 65.4 Å². The van der Waals surface area contributed by atoms with E-state index in [2.05, 4.69) is 31.6 Å². The van der Waals surface area contributed by atoms with Gasteiger partial charge in [-0.05, 0) is 88.7 Å². The number of pyridine rings is 1. The molecule has 1 aromatic carbocycles. The summed E-state index contributed by atoms with van der Waals surface area (Å²) in [5.74, 6) is -3.04. The number of morpholine rings is 1. The molecule has 1 saturated carbocycles. The molecule has 19 heteroatoms. The molecule has 3 saturated heterocycles. The third-order valence-electron chi connectivity index (χ3n) is 15.3. The van der Waals surface area contributed by atoms with E-state index in [0.717, 1.165) is 46.4 Å². The van der Waals surface area contributed by atoms with Gasteiger partial charge in [0, 0.05) is 86.9 Å². The number of methoxy groups -OCH3 is 1. The third kappa shape index (κ3) is 10.4. The molecule has 3 aromatic heterocycles. The summed E-state index contributed by atoms with van der Waals surface area (Å²) in [6.45, 7) is 12.2. The minimum absolute atomic E-state index is 0.000132. The van der Waals surface area contributed by atoms with Crippen LogP contribution in [0.5, 0.6) is 0 Å². The molecule has 1 aliphatic carbocycles. The Morgan fingerprint density at radius 3 is 2.52 bits per heavy atom. The minimum atomic E-state index is -2.11. The molecule has 0 radical (unpaired) electrons. The maximum atomic E-state index is 16.9. The third-order valence-corrected chi connectivity index (χ3v) is 16.2. The lowest BCUT2D eigenvalue weighted by atomic mass is 9.84. The van der Waals surface area contributed by atoms with Crippen molar-refractivity contribution in [3.8, 4) is 22.5 Å². The number of amides is 3. The van der Waals surface area contributed by atoms with Crippen molar-refractivity contribution in [1.82, 2.24) is 40.5 Å². The molecular weight excluding hydrogens is 933 g/mol. The summed E-state index contributed by atoms with van der Waals surface area (Å²) in [6, 6.07) is 2.48. The topological polar surface area (TPSA) is 172 Å². The van der Waals surface area contributed by atoms with Crippen molar-refractivity contribution in [2.75, 3.05) is 71.6 Å². The highest BCUT2D eigenvalue weighted by Crippen LogP contribution is 2.44. The average Bonchev–Trinajstić information content (AvgIpc) is 4.15. The summed E-state index contributed by atoms with van der Waals surface area (Å²) >= 11 is 1.25. The van der Waals surface area contributed by atoms with Crippen molar-refractivity contribution in [3.05, 3.63) is 51.9 Å². The second kappa shape index (κ2) is 21.2. The molecule has 71 heavy (non-hydrogen) atoms. The molecule has 384 valence electrons. The lowest BCUT2D eigenvalue weighted by Crippen LogP contribution is -2.63. The number of aryl methyl sites for hydroxylation is 1. The Labute approximate surface area is 418 Å². The van der Waals surface area contributed by atoms with E-state index in [1.54, 1.807) is 18.6 Å². The number of hydrazine groups is 1. The molecule has 16 nitrogen and oxygen atoms in total. The van der Waals surface area contributed by atoms with Gasteiger partial charge in [-0.15, -0.1) is 11.3 Å². The Morgan fingerprint density at radius 2 is 1.80 bits per heavy atom. The summed E-state index contributed by atoms with van der Waals surface area (Å²) in [7, 11) is 3.14. The highest BCUT2D eigenvalue weighted by molar-refractivity contribution is 7.10. The van der Waals surface area contributed by atoms with Crippen molar-refractivity contribution >= 4 is 51.6 Å². The molecule has 9 rings (SSSR count). The number of ether oxygens (including phenoxy) is 3. The molecule has 4 aromatic rings. The first-order chi connectivity index (χ1) is 34.1. The number of carbonyl (C=O) groups excluding carboxylic acids is 4. The number of anilines is 1. The minimum Gasteiger partial charge on any atom is -0.464 e. The standard InChI is InChI=1S/C52H69F2N9O7S/c1-7-62-42-25-38(53)35-24-34(42)37(46(62)36-23-33(61-19-21-69-22-20-61)28-56-44(36)31(2)68-6)27-51(3,4)30-70-49(66)39-13-10-18-63(59-39)48(65)40(26-43-57-41(35)29-71-43)58-47(64)45(32-11-8-9-12-32)60(5)50(67)52(54)14-16-55-17-15-52/h23-25,28-29,31-32,39-40,45,55,59H,7-22,26-27,30H2,1-6H3,(H,58,64)/t31-,39-,40-,45-/m0/s1. The molecule has 4 aliphatic heterocycles. The first-order valence-corrected chi connectivity index (χ1v) is 26.3. The number of hydrogen-bond acceptors (Lipinski definition) is 13. The van der Waals surface area contributed by atoms with Crippen LogP contribution in [0.4, 0.5) is 14.5 Å². The fourth-order valence-electron chi connectivity index (χ4n) is 11.4. The van der Waals surface area contributed by atoms with E-state index in [4.69, 9.17) is 24.2 Å². The molecular formula is C52H69F2N9O7S. The van der Waals surface area contributed by atoms with Crippen LogP contribution in [-0.4, -0.2) is 139 Å². The molecule has 4 fully saturated rings. The zero-order valence-corrected chi connectivity index (χ0v) is 42.7. The Morgan fingerprint density at radius 1 is 1.06 bits per heavy atom. The number of likely N-dealkylation sites (N-methyl/N-ethyl adjacent to an activating group) is 1. The quantitative estimate of drug-likeness (QED) is 0.152. The average molecular weight is 1000 g/mol. The predicted molar refractivity (Wildman–Crippen MR) is 267 cm³/mol. The van der Waals surface area contributed by atoms with E-state index < -0.39 is 58.7 Å². The Bertz CT molecular complexity index is 2620. The van der Waals surface area contributed by atoms with Gasteiger partial charge in [-0.3, -0.25) is 29.2 Å². The van der Waals surface area contributed by atoms with Gasteiger partial charge in [-0.1, -0.05) is 26.7 Å². The highest BCUT2D eigenvalue weighted by Gasteiger charge is 2.47. The van der Waals surface area contributed by atoms with Gasteiger partial charge in [0.1, 0.15) is 23.9 Å². The number of nitrogens with zero attached hydrogens (tertiary/aromatic N) is 6. The normalized spacial score (nSPS) is 23.0. The molecule has 3 amide bonds. The van der Waals surface area contributed by atoms with Crippen LogP contribution >= 0.6 is 11.3 Å². The highest BCUT2D eigenvalue weighted by atomic mass is 32.1. The smallest absolute Gasteiger partial charge is 0.324 e. The summed E-state index contributed by atoms with van der Waals surface area (Å²) < 4.78 is 53.1. The number of cyclic esters (lactones) is 1. The number of halogens is 2. The number of hydrogen-bond donors (Lipinski definition) is 3. The van der Waals surface area contributed by atoms with E-state index in [1.807, 2.05) is 40.0 Å². The largest absolute Gasteiger partial charge is 0.464 e. The fourth-order valence-corrected chi connectivity index (χ4v) is 12.2. The van der Waals surface area contributed by atoms with Crippen LogP contribution in [0.25, 0.3) is 33.4 Å².